The number of nitrogen functional groups attached to an aromatic ring is 1. The predicted molar refractivity (Wildman–Crippen MR) is 74.3 cm³/mol. The molecule has 3 aromatic rings. The van der Waals surface area contributed by atoms with E-state index in [-0.39, 0.29) is 11.7 Å². The Bertz CT molecular complexity index is 753. The molecule has 4 nitrogen and oxygen atoms in total. The molecular weight excluding hydrogens is 257 g/mol. The fourth-order valence-electron chi connectivity index (χ4n) is 2.17. The highest BCUT2D eigenvalue weighted by Crippen LogP contribution is 2.37. The van der Waals surface area contributed by atoms with Gasteiger partial charge in [-0.15, -0.1) is 0 Å². The molecule has 20 heavy (non-hydrogen) atoms. The molecule has 0 aliphatic heterocycles. The van der Waals surface area contributed by atoms with Gasteiger partial charge in [0, 0.05) is 23.5 Å². The van der Waals surface area contributed by atoms with Crippen molar-refractivity contribution in [3.63, 3.8) is 0 Å². The maximum atomic E-state index is 13.2. The molecule has 0 fully saturated rings. The number of halogens is 1. The van der Waals surface area contributed by atoms with E-state index in [2.05, 4.69) is 10.1 Å². The van der Waals surface area contributed by atoms with Gasteiger partial charge in [0.05, 0.1) is 5.56 Å². The monoisotopic (exact) mass is 269 g/mol. The number of nitrogens with two attached hydrogens (primary N) is 1. The van der Waals surface area contributed by atoms with Crippen LogP contribution in [0.3, 0.4) is 0 Å². The van der Waals surface area contributed by atoms with E-state index in [0.717, 1.165) is 16.7 Å². The minimum atomic E-state index is -0.286. The number of aromatic nitrogens is 2. The summed E-state index contributed by atoms with van der Waals surface area (Å²) in [7, 11) is 0. The zero-order valence-corrected chi connectivity index (χ0v) is 10.8. The van der Waals surface area contributed by atoms with Crippen LogP contribution in [0.2, 0.25) is 0 Å². The molecule has 0 saturated heterocycles. The molecule has 5 heteroatoms. The molecule has 2 N–H and O–H groups in total. The molecule has 3 rings (SSSR count). The van der Waals surface area contributed by atoms with Crippen molar-refractivity contribution in [1.29, 1.82) is 0 Å². The third kappa shape index (κ3) is 2.03. The van der Waals surface area contributed by atoms with Gasteiger partial charge in [-0.2, -0.15) is 0 Å². The molecule has 0 atom stereocenters. The third-order valence-corrected chi connectivity index (χ3v) is 3.11. The van der Waals surface area contributed by atoms with Gasteiger partial charge in [0.2, 0.25) is 5.88 Å². The maximum absolute atomic E-state index is 13.2. The van der Waals surface area contributed by atoms with Crippen molar-refractivity contribution in [2.45, 2.75) is 6.92 Å². The highest BCUT2D eigenvalue weighted by Gasteiger charge is 2.19. The topological polar surface area (TPSA) is 64.9 Å². The molecule has 100 valence electrons. The summed E-state index contributed by atoms with van der Waals surface area (Å²) in [4.78, 5) is 4.07. The molecule has 0 unspecified atom stereocenters. The van der Waals surface area contributed by atoms with Gasteiger partial charge < -0.3 is 10.3 Å². The van der Waals surface area contributed by atoms with Crippen LogP contribution in [0.5, 0.6) is 0 Å². The highest BCUT2D eigenvalue weighted by molar-refractivity contribution is 5.87. The van der Waals surface area contributed by atoms with Crippen molar-refractivity contribution in [3.8, 4) is 22.4 Å². The Labute approximate surface area is 115 Å². The Balaban J connectivity index is 2.21. The minimum Gasteiger partial charge on any atom is -0.367 e. The van der Waals surface area contributed by atoms with E-state index in [1.807, 2.05) is 19.1 Å². The van der Waals surface area contributed by atoms with Gasteiger partial charge in [0.15, 0.2) is 0 Å². The van der Waals surface area contributed by atoms with Crippen LogP contribution in [0, 0.1) is 12.7 Å². The van der Waals surface area contributed by atoms with Crippen LogP contribution < -0.4 is 5.73 Å². The third-order valence-electron chi connectivity index (χ3n) is 3.11. The summed E-state index contributed by atoms with van der Waals surface area (Å²) in [5.74, 6) is -0.0673. The van der Waals surface area contributed by atoms with Crippen LogP contribution in [-0.2, 0) is 0 Å². The number of aryl methyl sites for hydroxylation is 1. The molecule has 0 amide bonds. The number of rotatable bonds is 2. The number of benzene rings is 1. The summed E-state index contributed by atoms with van der Waals surface area (Å²) in [5, 5.41) is 4.00. The van der Waals surface area contributed by atoms with E-state index in [1.54, 1.807) is 18.5 Å². The number of anilines is 1. The van der Waals surface area contributed by atoms with E-state index < -0.39 is 0 Å². The molecule has 0 radical (unpaired) electrons. The van der Waals surface area contributed by atoms with Gasteiger partial charge in [-0.1, -0.05) is 11.2 Å². The zero-order chi connectivity index (χ0) is 14.1. The van der Waals surface area contributed by atoms with E-state index in [9.17, 15) is 4.39 Å². The first-order valence-corrected chi connectivity index (χ1v) is 6.09. The van der Waals surface area contributed by atoms with Gasteiger partial charge in [-0.25, -0.2) is 4.39 Å². The fourth-order valence-corrected chi connectivity index (χ4v) is 2.17. The average Bonchev–Trinajstić information content (AvgIpc) is 2.81. The summed E-state index contributed by atoms with van der Waals surface area (Å²) in [6.45, 7) is 1.82. The quantitative estimate of drug-likeness (QED) is 0.774. The van der Waals surface area contributed by atoms with Gasteiger partial charge >= 0.3 is 0 Å². The van der Waals surface area contributed by atoms with Crippen LogP contribution in [0.25, 0.3) is 22.4 Å². The lowest BCUT2D eigenvalue weighted by atomic mass is 9.99. The molecule has 2 aromatic heterocycles. The lowest BCUT2D eigenvalue weighted by molar-refractivity contribution is 0.439. The summed E-state index contributed by atoms with van der Waals surface area (Å²) in [6, 6.07) is 8.19. The van der Waals surface area contributed by atoms with Crippen molar-refractivity contribution in [2.24, 2.45) is 0 Å². The predicted octanol–water partition coefficient (Wildman–Crippen LogP) is 3.43. The van der Waals surface area contributed by atoms with Crippen LogP contribution >= 0.6 is 0 Å². The molecule has 1 aromatic carbocycles. The van der Waals surface area contributed by atoms with Crippen molar-refractivity contribution in [1.82, 2.24) is 10.1 Å². The second kappa shape index (κ2) is 4.77. The van der Waals surface area contributed by atoms with Crippen LogP contribution in [0.15, 0.2) is 47.2 Å². The Hall–Kier alpha value is -2.69. The second-order valence-electron chi connectivity index (χ2n) is 4.47. The molecule has 0 bridgehead atoms. The SMILES string of the molecule is Cc1cc(F)ccc1-c1noc(N)c1-c1cccnc1. The van der Waals surface area contributed by atoms with Gasteiger partial charge in [-0.3, -0.25) is 4.98 Å². The summed E-state index contributed by atoms with van der Waals surface area (Å²) >= 11 is 0. The Kier molecular flexibility index (Phi) is 2.95. The smallest absolute Gasteiger partial charge is 0.230 e. The van der Waals surface area contributed by atoms with E-state index in [0.29, 0.717) is 11.3 Å². The maximum Gasteiger partial charge on any atom is 0.230 e. The first-order valence-electron chi connectivity index (χ1n) is 6.09. The van der Waals surface area contributed by atoms with Crippen molar-refractivity contribution in [3.05, 3.63) is 54.1 Å². The highest BCUT2D eigenvalue weighted by atomic mass is 19.1. The molecule has 0 spiro atoms. The second-order valence-corrected chi connectivity index (χ2v) is 4.47. The van der Waals surface area contributed by atoms with Gasteiger partial charge in [0.1, 0.15) is 11.5 Å². The molecule has 2 heterocycles. The lowest BCUT2D eigenvalue weighted by Crippen LogP contribution is -1.90. The minimum absolute atomic E-state index is 0.219. The van der Waals surface area contributed by atoms with Crippen molar-refractivity contribution >= 4 is 5.88 Å². The van der Waals surface area contributed by atoms with Crippen molar-refractivity contribution in [2.75, 3.05) is 5.73 Å². The first kappa shape index (κ1) is 12.3. The van der Waals surface area contributed by atoms with Crippen LogP contribution in [-0.4, -0.2) is 10.1 Å². The molecule has 0 aliphatic carbocycles. The number of hydrogen-bond acceptors (Lipinski definition) is 4. The van der Waals surface area contributed by atoms with E-state index >= 15 is 0 Å². The lowest BCUT2D eigenvalue weighted by Gasteiger charge is -2.05. The fraction of sp³-hybridized carbons (Fsp3) is 0.0667. The Morgan fingerprint density at radius 1 is 1.25 bits per heavy atom. The molecule has 0 aliphatic rings. The summed E-state index contributed by atoms with van der Waals surface area (Å²) in [6.07, 6.45) is 3.36. The number of pyridine rings is 1. The Morgan fingerprint density at radius 2 is 2.10 bits per heavy atom. The van der Waals surface area contributed by atoms with Crippen LogP contribution in [0.1, 0.15) is 5.56 Å². The standard InChI is InChI=1S/C15H12FN3O/c1-9-7-11(16)4-5-12(9)14-13(15(17)20-19-14)10-3-2-6-18-8-10/h2-8H,17H2,1H3. The van der Waals surface area contributed by atoms with Gasteiger partial charge in [0.25, 0.3) is 0 Å². The molecular formula is C15H12FN3O. The van der Waals surface area contributed by atoms with Crippen molar-refractivity contribution < 1.29 is 8.91 Å². The first-order chi connectivity index (χ1) is 9.66. The number of nitrogens with zero attached hydrogens (tertiary/aromatic N) is 2. The Morgan fingerprint density at radius 3 is 2.80 bits per heavy atom. The van der Waals surface area contributed by atoms with Crippen LogP contribution in [0.4, 0.5) is 10.3 Å². The van der Waals surface area contributed by atoms with Gasteiger partial charge in [-0.05, 0) is 36.8 Å². The largest absolute Gasteiger partial charge is 0.367 e. The number of hydrogen-bond donors (Lipinski definition) is 1. The normalized spacial score (nSPS) is 10.7. The summed E-state index contributed by atoms with van der Waals surface area (Å²) in [5.41, 5.74) is 9.48. The molecule has 0 saturated carbocycles. The average molecular weight is 269 g/mol. The van der Waals surface area contributed by atoms with E-state index in [1.165, 1.54) is 12.1 Å². The zero-order valence-electron chi connectivity index (χ0n) is 10.8. The van der Waals surface area contributed by atoms with E-state index in [4.69, 9.17) is 10.3 Å². The summed E-state index contributed by atoms with van der Waals surface area (Å²) < 4.78 is 18.3.